The number of hydroxylamine groups is 1. The standard InChI is InChI=1S/C8H6N2O2/c9-6-11-8(10-12-8)7-4-2-1-3-5-7/h1-5,10H. The van der Waals surface area contributed by atoms with Crippen molar-refractivity contribution in [2.45, 2.75) is 5.91 Å². The lowest BCUT2D eigenvalue weighted by molar-refractivity contribution is 0.0280. The van der Waals surface area contributed by atoms with Crippen molar-refractivity contribution in [1.82, 2.24) is 5.48 Å². The zero-order valence-corrected chi connectivity index (χ0v) is 6.15. The van der Waals surface area contributed by atoms with Crippen LogP contribution in [0.5, 0.6) is 0 Å². The smallest absolute Gasteiger partial charge is 0.347 e. The predicted molar refractivity (Wildman–Crippen MR) is 39.0 cm³/mol. The highest BCUT2D eigenvalue weighted by molar-refractivity contribution is 5.21. The molecule has 2 rings (SSSR count). The number of nitrogens with zero attached hydrogens (tertiary/aromatic N) is 1. The molecule has 0 amide bonds. The van der Waals surface area contributed by atoms with Gasteiger partial charge in [-0.2, -0.15) is 5.26 Å². The fraction of sp³-hybridized carbons (Fsp3) is 0.125. The lowest BCUT2D eigenvalue weighted by Crippen LogP contribution is -2.14. The van der Waals surface area contributed by atoms with Gasteiger partial charge >= 0.3 is 5.91 Å². The van der Waals surface area contributed by atoms with Crippen LogP contribution in [-0.2, 0) is 15.5 Å². The van der Waals surface area contributed by atoms with Crippen molar-refractivity contribution >= 4 is 0 Å². The molecule has 4 nitrogen and oxygen atoms in total. The number of ether oxygens (including phenoxy) is 1. The van der Waals surface area contributed by atoms with Gasteiger partial charge in [-0.15, -0.1) is 5.48 Å². The van der Waals surface area contributed by atoms with Crippen LogP contribution in [0.25, 0.3) is 0 Å². The minimum absolute atomic E-state index is 0.784. The molecule has 4 heteroatoms. The first-order chi connectivity index (χ1) is 5.87. The van der Waals surface area contributed by atoms with Crippen LogP contribution in [0.1, 0.15) is 5.56 Å². The lowest BCUT2D eigenvalue weighted by atomic mass is 10.2. The van der Waals surface area contributed by atoms with E-state index in [9.17, 15) is 0 Å². The van der Waals surface area contributed by atoms with Gasteiger partial charge in [-0.3, -0.25) is 0 Å². The summed E-state index contributed by atoms with van der Waals surface area (Å²) in [5.74, 6) is -1.02. The normalized spacial score (nSPS) is 25.9. The Morgan fingerprint density at radius 2 is 2.08 bits per heavy atom. The van der Waals surface area contributed by atoms with E-state index in [1.54, 1.807) is 6.26 Å². The molecular formula is C8H6N2O2. The average Bonchev–Trinajstić information content (AvgIpc) is 2.88. The van der Waals surface area contributed by atoms with Crippen LogP contribution in [0.3, 0.4) is 0 Å². The largest absolute Gasteiger partial charge is 0.370 e. The summed E-state index contributed by atoms with van der Waals surface area (Å²) in [7, 11) is 0. The third-order valence-corrected chi connectivity index (χ3v) is 1.63. The summed E-state index contributed by atoms with van der Waals surface area (Å²) in [6, 6.07) is 9.21. The molecule has 1 aliphatic heterocycles. The van der Waals surface area contributed by atoms with Crippen molar-refractivity contribution in [3.8, 4) is 6.26 Å². The summed E-state index contributed by atoms with van der Waals surface area (Å²) in [5.41, 5.74) is 3.30. The molecule has 0 spiro atoms. The van der Waals surface area contributed by atoms with E-state index < -0.39 is 5.91 Å². The maximum Gasteiger partial charge on any atom is 0.347 e. The molecule has 0 radical (unpaired) electrons. The van der Waals surface area contributed by atoms with Gasteiger partial charge in [0.1, 0.15) is 0 Å². The minimum atomic E-state index is -1.02. The van der Waals surface area contributed by atoms with Gasteiger partial charge in [-0.1, -0.05) is 30.3 Å². The highest BCUT2D eigenvalue weighted by Gasteiger charge is 2.50. The zero-order valence-electron chi connectivity index (χ0n) is 6.15. The monoisotopic (exact) mass is 162 g/mol. The molecule has 0 aromatic heterocycles. The number of hydrogen-bond acceptors (Lipinski definition) is 4. The van der Waals surface area contributed by atoms with Crippen LogP contribution < -0.4 is 5.48 Å². The number of hydrogen-bond donors (Lipinski definition) is 1. The maximum absolute atomic E-state index is 8.31. The number of rotatable bonds is 2. The van der Waals surface area contributed by atoms with Crippen molar-refractivity contribution in [1.29, 1.82) is 5.26 Å². The van der Waals surface area contributed by atoms with Crippen molar-refractivity contribution in [3.63, 3.8) is 0 Å². The van der Waals surface area contributed by atoms with E-state index in [1.807, 2.05) is 30.3 Å². The summed E-state index contributed by atoms with van der Waals surface area (Å²) in [5, 5.41) is 8.31. The van der Waals surface area contributed by atoms with Crippen LogP contribution in [0.2, 0.25) is 0 Å². The van der Waals surface area contributed by atoms with Gasteiger partial charge < -0.3 is 4.74 Å². The Balaban J connectivity index is 2.26. The van der Waals surface area contributed by atoms with Crippen LogP contribution in [0.15, 0.2) is 30.3 Å². The molecular weight excluding hydrogens is 156 g/mol. The fourth-order valence-corrected chi connectivity index (χ4v) is 0.987. The first-order valence-corrected chi connectivity index (χ1v) is 3.45. The van der Waals surface area contributed by atoms with E-state index in [0.29, 0.717) is 0 Å². The predicted octanol–water partition coefficient (Wildman–Crippen LogP) is 0.829. The summed E-state index contributed by atoms with van der Waals surface area (Å²) in [6.45, 7) is 0. The molecule has 0 bridgehead atoms. The molecule has 0 saturated carbocycles. The second-order valence-electron chi connectivity index (χ2n) is 2.38. The number of nitrogens with one attached hydrogen (secondary N) is 1. The molecule has 60 valence electrons. The third-order valence-electron chi connectivity index (χ3n) is 1.63. The first-order valence-electron chi connectivity index (χ1n) is 3.45. The zero-order chi connectivity index (χ0) is 8.44. The van der Waals surface area contributed by atoms with E-state index in [-0.39, 0.29) is 0 Å². The topological polar surface area (TPSA) is 67.5 Å². The van der Waals surface area contributed by atoms with Gasteiger partial charge in [0.05, 0.1) is 0 Å². The van der Waals surface area contributed by atoms with E-state index in [1.165, 1.54) is 0 Å². The Hall–Kier alpha value is -1.57. The molecule has 1 saturated heterocycles. The van der Waals surface area contributed by atoms with Gasteiger partial charge in [0.15, 0.2) is 0 Å². The Labute approximate surface area is 69.3 Å². The molecule has 1 aromatic rings. The van der Waals surface area contributed by atoms with Crippen LogP contribution >= 0.6 is 0 Å². The quantitative estimate of drug-likeness (QED) is 0.516. The highest BCUT2D eigenvalue weighted by atomic mass is 16.9. The summed E-state index contributed by atoms with van der Waals surface area (Å²) < 4.78 is 4.70. The second kappa shape index (κ2) is 2.48. The lowest BCUT2D eigenvalue weighted by Gasteiger charge is -2.03. The van der Waals surface area contributed by atoms with E-state index >= 15 is 0 Å². The molecule has 1 N–H and O–H groups in total. The summed E-state index contributed by atoms with van der Waals surface area (Å²) >= 11 is 0. The van der Waals surface area contributed by atoms with Gasteiger partial charge in [0.25, 0.3) is 6.26 Å². The van der Waals surface area contributed by atoms with Crippen molar-refractivity contribution in [3.05, 3.63) is 35.9 Å². The summed E-state index contributed by atoms with van der Waals surface area (Å²) in [6.07, 6.45) is 1.58. The van der Waals surface area contributed by atoms with Crippen LogP contribution in [0.4, 0.5) is 0 Å². The number of benzene rings is 1. The molecule has 0 aliphatic carbocycles. The highest BCUT2D eigenvalue weighted by Crippen LogP contribution is 2.32. The summed E-state index contributed by atoms with van der Waals surface area (Å²) in [4.78, 5) is 4.83. The van der Waals surface area contributed by atoms with Crippen molar-refractivity contribution < 1.29 is 9.57 Å². The Morgan fingerprint density at radius 3 is 2.58 bits per heavy atom. The van der Waals surface area contributed by atoms with Gasteiger partial charge in [-0.25, -0.2) is 4.84 Å². The molecule has 1 unspecified atom stereocenters. The molecule has 1 atom stereocenters. The van der Waals surface area contributed by atoms with Crippen molar-refractivity contribution in [2.24, 2.45) is 0 Å². The molecule has 1 heterocycles. The van der Waals surface area contributed by atoms with E-state index in [4.69, 9.17) is 14.8 Å². The van der Waals surface area contributed by atoms with Gasteiger partial charge in [-0.05, 0) is 0 Å². The Kier molecular flexibility index (Phi) is 1.47. The molecule has 1 aromatic carbocycles. The first kappa shape index (κ1) is 7.10. The second-order valence-corrected chi connectivity index (χ2v) is 2.38. The van der Waals surface area contributed by atoms with E-state index in [2.05, 4.69) is 5.48 Å². The molecule has 1 aliphatic rings. The van der Waals surface area contributed by atoms with E-state index in [0.717, 1.165) is 5.56 Å². The van der Waals surface area contributed by atoms with Crippen molar-refractivity contribution in [2.75, 3.05) is 0 Å². The average molecular weight is 162 g/mol. The maximum atomic E-state index is 8.31. The minimum Gasteiger partial charge on any atom is -0.370 e. The third kappa shape index (κ3) is 1.01. The fourth-order valence-electron chi connectivity index (χ4n) is 0.987. The van der Waals surface area contributed by atoms with Crippen LogP contribution in [-0.4, -0.2) is 0 Å². The Morgan fingerprint density at radius 1 is 1.42 bits per heavy atom. The number of nitriles is 1. The molecule has 1 fully saturated rings. The molecule has 12 heavy (non-hydrogen) atoms. The SMILES string of the molecule is N#COC1(c2ccccc2)NO1. The Bertz CT molecular complexity index is 314. The van der Waals surface area contributed by atoms with Crippen LogP contribution in [0, 0.1) is 11.5 Å². The van der Waals surface area contributed by atoms with Gasteiger partial charge in [0, 0.05) is 5.56 Å². The van der Waals surface area contributed by atoms with Gasteiger partial charge in [0.2, 0.25) is 0 Å².